The molecular weight excluding hydrogens is 325 g/mol. The lowest BCUT2D eigenvalue weighted by atomic mass is 10.2. The van der Waals surface area contributed by atoms with Crippen LogP contribution in [0.3, 0.4) is 0 Å². The Labute approximate surface area is 138 Å². The quantitative estimate of drug-likeness (QED) is 0.877. The summed E-state index contributed by atoms with van der Waals surface area (Å²) in [6.07, 6.45) is -0.747. The van der Waals surface area contributed by atoms with E-state index in [1.54, 1.807) is 43.3 Å². The molecule has 2 aromatic rings. The molecule has 6 heteroatoms. The molecule has 1 atom stereocenters. The molecule has 116 valence electrons. The Morgan fingerprint density at radius 1 is 1.05 bits per heavy atom. The van der Waals surface area contributed by atoms with Crippen LogP contribution < -0.4 is 14.8 Å². The van der Waals surface area contributed by atoms with E-state index in [1.807, 2.05) is 6.07 Å². The van der Waals surface area contributed by atoms with Crippen molar-refractivity contribution >= 4 is 34.8 Å². The molecule has 0 aliphatic carbocycles. The summed E-state index contributed by atoms with van der Waals surface area (Å²) < 4.78 is 10.8. The third kappa shape index (κ3) is 3.84. The van der Waals surface area contributed by atoms with Crippen molar-refractivity contribution in [2.75, 3.05) is 12.4 Å². The van der Waals surface area contributed by atoms with E-state index in [0.717, 1.165) is 0 Å². The third-order valence-electron chi connectivity index (χ3n) is 2.95. The van der Waals surface area contributed by atoms with Crippen molar-refractivity contribution < 1.29 is 14.3 Å². The normalized spacial score (nSPS) is 11.6. The number of anilines is 1. The van der Waals surface area contributed by atoms with Gasteiger partial charge in [0.15, 0.2) is 17.6 Å². The number of rotatable bonds is 5. The number of carbonyl (C=O) groups excluding carboxylic acids is 1. The number of carbonyl (C=O) groups is 1. The molecule has 22 heavy (non-hydrogen) atoms. The van der Waals surface area contributed by atoms with Crippen molar-refractivity contribution in [3.05, 3.63) is 52.5 Å². The number of hydrogen-bond donors (Lipinski definition) is 1. The molecule has 0 spiro atoms. The molecular formula is C16H15Cl2NO3. The molecule has 0 aliphatic heterocycles. The average Bonchev–Trinajstić information content (AvgIpc) is 2.51. The van der Waals surface area contributed by atoms with Crippen LogP contribution in [-0.2, 0) is 4.79 Å². The Hall–Kier alpha value is -1.91. The lowest BCUT2D eigenvalue weighted by molar-refractivity contribution is -0.122. The zero-order valence-electron chi connectivity index (χ0n) is 12.1. The molecule has 0 aromatic heterocycles. The number of halogens is 2. The Morgan fingerprint density at radius 3 is 2.23 bits per heavy atom. The van der Waals surface area contributed by atoms with Gasteiger partial charge in [0, 0.05) is 0 Å². The maximum absolute atomic E-state index is 12.2. The van der Waals surface area contributed by atoms with Crippen molar-refractivity contribution in [3.63, 3.8) is 0 Å². The largest absolute Gasteiger partial charge is 0.493 e. The molecule has 0 bridgehead atoms. The second-order valence-electron chi connectivity index (χ2n) is 4.50. The van der Waals surface area contributed by atoms with Crippen LogP contribution >= 0.6 is 23.2 Å². The van der Waals surface area contributed by atoms with Crippen LogP contribution in [0, 0.1) is 0 Å². The standard InChI is InChI=1S/C16H15Cl2NO3/c1-10(22-14-9-4-3-8-13(14)21-2)16(20)19-15-11(17)6-5-7-12(15)18/h3-10H,1-2H3,(H,19,20)/t10-/m1/s1. The van der Waals surface area contributed by atoms with E-state index in [1.165, 1.54) is 7.11 Å². The van der Waals surface area contributed by atoms with Gasteiger partial charge in [-0.3, -0.25) is 4.79 Å². The van der Waals surface area contributed by atoms with Crippen LogP contribution in [0.1, 0.15) is 6.92 Å². The van der Waals surface area contributed by atoms with E-state index in [0.29, 0.717) is 27.2 Å². The summed E-state index contributed by atoms with van der Waals surface area (Å²) >= 11 is 12.1. The number of para-hydroxylation sites is 3. The summed E-state index contributed by atoms with van der Waals surface area (Å²) in [4.78, 5) is 12.2. The van der Waals surface area contributed by atoms with E-state index in [4.69, 9.17) is 32.7 Å². The Bertz CT molecular complexity index is 656. The summed E-state index contributed by atoms with van der Waals surface area (Å²) in [5.74, 6) is 0.678. The van der Waals surface area contributed by atoms with Crippen molar-refractivity contribution in [3.8, 4) is 11.5 Å². The highest BCUT2D eigenvalue weighted by Crippen LogP contribution is 2.31. The van der Waals surface area contributed by atoms with E-state index >= 15 is 0 Å². The molecule has 1 amide bonds. The molecule has 0 heterocycles. The van der Waals surface area contributed by atoms with Crippen LogP contribution in [0.5, 0.6) is 11.5 Å². The first-order valence-electron chi connectivity index (χ1n) is 6.57. The fraction of sp³-hybridized carbons (Fsp3) is 0.188. The summed E-state index contributed by atoms with van der Waals surface area (Å²) in [5.41, 5.74) is 0.367. The fourth-order valence-electron chi connectivity index (χ4n) is 1.80. The second kappa shape index (κ2) is 7.38. The SMILES string of the molecule is COc1ccccc1O[C@H](C)C(=O)Nc1c(Cl)cccc1Cl. The zero-order chi connectivity index (χ0) is 16.1. The van der Waals surface area contributed by atoms with Gasteiger partial charge in [-0.05, 0) is 31.2 Å². The zero-order valence-corrected chi connectivity index (χ0v) is 13.6. The van der Waals surface area contributed by atoms with Gasteiger partial charge in [0.25, 0.3) is 5.91 Å². The predicted molar refractivity (Wildman–Crippen MR) is 88.2 cm³/mol. The number of hydrogen-bond acceptors (Lipinski definition) is 3. The Morgan fingerprint density at radius 2 is 1.64 bits per heavy atom. The summed E-state index contributed by atoms with van der Waals surface area (Å²) in [5, 5.41) is 3.40. The first kappa shape index (κ1) is 16.5. The molecule has 0 fully saturated rings. The van der Waals surface area contributed by atoms with Gasteiger partial charge in [-0.15, -0.1) is 0 Å². The molecule has 4 nitrogen and oxygen atoms in total. The smallest absolute Gasteiger partial charge is 0.265 e. The number of nitrogens with one attached hydrogen (secondary N) is 1. The molecule has 2 rings (SSSR count). The number of methoxy groups -OCH3 is 1. The first-order chi connectivity index (χ1) is 10.5. The molecule has 0 aliphatic rings. The van der Waals surface area contributed by atoms with Crippen LogP contribution in [0.4, 0.5) is 5.69 Å². The summed E-state index contributed by atoms with van der Waals surface area (Å²) in [7, 11) is 1.54. The van der Waals surface area contributed by atoms with Gasteiger partial charge in [-0.1, -0.05) is 41.4 Å². The molecule has 0 radical (unpaired) electrons. The highest BCUT2D eigenvalue weighted by Gasteiger charge is 2.19. The molecule has 0 saturated carbocycles. The lowest BCUT2D eigenvalue weighted by Crippen LogP contribution is -2.30. The minimum Gasteiger partial charge on any atom is -0.493 e. The van der Waals surface area contributed by atoms with Crippen molar-refractivity contribution in [2.24, 2.45) is 0 Å². The van der Waals surface area contributed by atoms with E-state index < -0.39 is 6.10 Å². The van der Waals surface area contributed by atoms with Gasteiger partial charge >= 0.3 is 0 Å². The second-order valence-corrected chi connectivity index (χ2v) is 5.31. The topological polar surface area (TPSA) is 47.6 Å². The minimum absolute atomic E-state index is 0.360. The lowest BCUT2D eigenvalue weighted by Gasteiger charge is -2.17. The van der Waals surface area contributed by atoms with Gasteiger partial charge < -0.3 is 14.8 Å². The van der Waals surface area contributed by atoms with Crippen molar-refractivity contribution in [1.29, 1.82) is 0 Å². The average molecular weight is 340 g/mol. The maximum atomic E-state index is 12.2. The van der Waals surface area contributed by atoms with E-state index in [-0.39, 0.29) is 5.91 Å². The monoisotopic (exact) mass is 339 g/mol. The Balaban J connectivity index is 2.10. The summed E-state index contributed by atoms with van der Waals surface area (Å²) in [6.45, 7) is 1.63. The molecule has 2 aromatic carbocycles. The minimum atomic E-state index is -0.747. The van der Waals surface area contributed by atoms with Crippen LogP contribution in [0.2, 0.25) is 10.0 Å². The van der Waals surface area contributed by atoms with E-state index in [2.05, 4.69) is 5.32 Å². The highest BCUT2D eigenvalue weighted by molar-refractivity contribution is 6.39. The van der Waals surface area contributed by atoms with Crippen LogP contribution in [0.25, 0.3) is 0 Å². The first-order valence-corrected chi connectivity index (χ1v) is 7.33. The fourth-order valence-corrected chi connectivity index (χ4v) is 2.29. The Kier molecular flexibility index (Phi) is 5.52. The van der Waals surface area contributed by atoms with Gasteiger partial charge in [0.1, 0.15) is 0 Å². The molecule has 1 N–H and O–H groups in total. The van der Waals surface area contributed by atoms with E-state index in [9.17, 15) is 4.79 Å². The summed E-state index contributed by atoms with van der Waals surface area (Å²) in [6, 6.07) is 12.1. The van der Waals surface area contributed by atoms with Crippen molar-refractivity contribution in [2.45, 2.75) is 13.0 Å². The number of benzene rings is 2. The van der Waals surface area contributed by atoms with Crippen LogP contribution in [0.15, 0.2) is 42.5 Å². The predicted octanol–water partition coefficient (Wildman–Crippen LogP) is 4.41. The van der Waals surface area contributed by atoms with Gasteiger partial charge in [0.2, 0.25) is 0 Å². The van der Waals surface area contributed by atoms with Gasteiger partial charge in [-0.2, -0.15) is 0 Å². The number of amides is 1. The molecule has 0 saturated heterocycles. The van der Waals surface area contributed by atoms with Gasteiger partial charge in [-0.25, -0.2) is 0 Å². The maximum Gasteiger partial charge on any atom is 0.265 e. The van der Waals surface area contributed by atoms with Crippen LogP contribution in [-0.4, -0.2) is 19.1 Å². The third-order valence-corrected chi connectivity index (χ3v) is 3.58. The van der Waals surface area contributed by atoms with Crippen molar-refractivity contribution in [1.82, 2.24) is 0 Å². The highest BCUT2D eigenvalue weighted by atomic mass is 35.5. The number of ether oxygens (including phenoxy) is 2. The molecule has 0 unspecified atom stereocenters. The van der Waals surface area contributed by atoms with Gasteiger partial charge in [0.05, 0.1) is 22.8 Å².